The molecule has 1 atom stereocenters. The van der Waals surface area contributed by atoms with Gasteiger partial charge in [0.15, 0.2) is 5.54 Å². The zero-order valence-corrected chi connectivity index (χ0v) is 11.6. The van der Waals surface area contributed by atoms with Crippen LogP contribution in [0.15, 0.2) is 24.3 Å². The van der Waals surface area contributed by atoms with Gasteiger partial charge in [-0.25, -0.2) is 4.79 Å². The highest BCUT2D eigenvalue weighted by Gasteiger charge is 2.41. The molecule has 1 amide bonds. The monoisotopic (exact) mass is 305 g/mol. The molecule has 0 fully saturated rings. The van der Waals surface area contributed by atoms with Crippen LogP contribution in [0.2, 0.25) is 0 Å². The summed E-state index contributed by atoms with van der Waals surface area (Å²) in [6.45, 7) is 2.48. The summed E-state index contributed by atoms with van der Waals surface area (Å²) in [6.07, 6.45) is -4.83. The van der Waals surface area contributed by atoms with Crippen molar-refractivity contribution in [2.45, 2.75) is 25.7 Å². The van der Waals surface area contributed by atoms with Crippen LogP contribution in [0, 0.1) is 0 Å². The van der Waals surface area contributed by atoms with E-state index < -0.39 is 29.5 Å². The minimum Gasteiger partial charge on any atom is -0.479 e. The first-order chi connectivity index (χ1) is 9.48. The quantitative estimate of drug-likeness (QED) is 0.927. The highest BCUT2D eigenvalue weighted by molar-refractivity contribution is 5.86. The van der Waals surface area contributed by atoms with Crippen LogP contribution >= 0.6 is 0 Å². The number of carbonyl (C=O) groups excluding carboxylic acids is 1. The number of benzene rings is 1. The second-order valence-electron chi connectivity index (χ2n) is 4.53. The molecule has 0 aliphatic heterocycles. The molecule has 0 aliphatic carbocycles. The summed E-state index contributed by atoms with van der Waals surface area (Å²) in [5, 5.41) is 9.36. The van der Waals surface area contributed by atoms with Gasteiger partial charge in [-0.1, -0.05) is 12.1 Å². The number of amides is 1. The molecule has 1 unspecified atom stereocenters. The van der Waals surface area contributed by atoms with Crippen molar-refractivity contribution in [1.82, 2.24) is 4.90 Å². The van der Waals surface area contributed by atoms with Crippen LogP contribution in [-0.4, -0.2) is 35.3 Å². The second kappa shape index (κ2) is 5.63. The first-order valence-corrected chi connectivity index (χ1v) is 5.82. The van der Waals surface area contributed by atoms with Crippen LogP contribution in [0.3, 0.4) is 0 Å². The number of halogens is 3. The fraction of sp³-hybridized carbons (Fsp3) is 0.385. The zero-order valence-electron chi connectivity index (χ0n) is 11.6. The van der Waals surface area contributed by atoms with E-state index in [2.05, 4.69) is 4.74 Å². The molecule has 0 radical (unpaired) electrons. The number of hydrogen-bond donors (Lipinski definition) is 1. The Morgan fingerprint density at radius 2 is 1.67 bits per heavy atom. The van der Waals surface area contributed by atoms with E-state index in [1.54, 1.807) is 0 Å². The van der Waals surface area contributed by atoms with E-state index in [-0.39, 0.29) is 5.56 Å². The predicted molar refractivity (Wildman–Crippen MR) is 66.6 cm³/mol. The summed E-state index contributed by atoms with van der Waals surface area (Å²) >= 11 is 0. The predicted octanol–water partition coefficient (Wildman–Crippen LogP) is 2.36. The second-order valence-corrected chi connectivity index (χ2v) is 4.53. The lowest BCUT2D eigenvalue weighted by atomic mass is 9.90. The van der Waals surface area contributed by atoms with Crippen molar-refractivity contribution >= 4 is 11.9 Å². The van der Waals surface area contributed by atoms with Gasteiger partial charge < -0.3 is 14.7 Å². The van der Waals surface area contributed by atoms with Crippen molar-refractivity contribution < 1.29 is 32.6 Å². The molecule has 21 heavy (non-hydrogen) atoms. The standard InChI is InChI=1S/C13H14F3NO4/c1-8(18)17(3)12(2,11(19)20)9-4-6-10(7-5-9)21-13(14,15)16/h4-7H,1-3H3,(H,19,20). The number of hydrogen-bond acceptors (Lipinski definition) is 3. The van der Waals surface area contributed by atoms with Crippen LogP contribution in [0.4, 0.5) is 13.2 Å². The summed E-state index contributed by atoms with van der Waals surface area (Å²) in [4.78, 5) is 23.9. The Hall–Kier alpha value is -2.25. The van der Waals surface area contributed by atoms with Gasteiger partial charge in [0.25, 0.3) is 0 Å². The number of carbonyl (C=O) groups is 2. The van der Waals surface area contributed by atoms with E-state index in [1.165, 1.54) is 33.0 Å². The van der Waals surface area contributed by atoms with Gasteiger partial charge in [0.05, 0.1) is 0 Å². The molecule has 0 saturated heterocycles. The van der Waals surface area contributed by atoms with Gasteiger partial charge in [-0.2, -0.15) is 0 Å². The first kappa shape index (κ1) is 16.8. The minimum atomic E-state index is -4.83. The Bertz CT molecular complexity index is 541. The van der Waals surface area contributed by atoms with Gasteiger partial charge in [0.1, 0.15) is 5.75 Å². The number of rotatable bonds is 4. The SMILES string of the molecule is CC(=O)N(C)C(C)(C(=O)O)c1ccc(OC(F)(F)F)cc1. The molecule has 0 saturated carbocycles. The number of ether oxygens (including phenoxy) is 1. The van der Waals surface area contributed by atoms with Crippen molar-refractivity contribution in [3.63, 3.8) is 0 Å². The van der Waals surface area contributed by atoms with E-state index in [1.807, 2.05) is 0 Å². The fourth-order valence-corrected chi connectivity index (χ4v) is 1.76. The van der Waals surface area contributed by atoms with E-state index in [9.17, 15) is 27.9 Å². The lowest BCUT2D eigenvalue weighted by Crippen LogP contribution is -2.49. The molecule has 0 spiro atoms. The van der Waals surface area contributed by atoms with Crippen molar-refractivity contribution in [1.29, 1.82) is 0 Å². The Morgan fingerprint density at radius 1 is 1.19 bits per heavy atom. The van der Waals surface area contributed by atoms with Crippen LogP contribution in [0.25, 0.3) is 0 Å². The molecule has 1 rings (SSSR count). The van der Waals surface area contributed by atoms with E-state index in [0.717, 1.165) is 17.0 Å². The molecule has 0 aliphatic rings. The molecule has 0 bridgehead atoms. The number of carboxylic acid groups (broad SMARTS) is 1. The summed E-state index contributed by atoms with van der Waals surface area (Å²) in [7, 11) is 1.30. The van der Waals surface area contributed by atoms with Crippen LogP contribution in [-0.2, 0) is 15.1 Å². The smallest absolute Gasteiger partial charge is 0.479 e. The number of carboxylic acids is 1. The molecular weight excluding hydrogens is 291 g/mol. The van der Waals surface area contributed by atoms with Gasteiger partial charge in [-0.15, -0.1) is 13.2 Å². The minimum absolute atomic E-state index is 0.155. The Balaban J connectivity index is 3.17. The summed E-state index contributed by atoms with van der Waals surface area (Å²) < 4.78 is 39.9. The fourth-order valence-electron chi connectivity index (χ4n) is 1.76. The normalized spacial score (nSPS) is 14.2. The van der Waals surface area contributed by atoms with E-state index >= 15 is 0 Å². The van der Waals surface area contributed by atoms with Gasteiger partial charge in [-0.3, -0.25) is 4.79 Å². The van der Waals surface area contributed by atoms with Crippen LogP contribution in [0.5, 0.6) is 5.75 Å². The van der Waals surface area contributed by atoms with Gasteiger partial charge >= 0.3 is 12.3 Å². The third-order valence-electron chi connectivity index (χ3n) is 3.21. The first-order valence-electron chi connectivity index (χ1n) is 5.82. The Labute approximate surface area is 118 Å². The van der Waals surface area contributed by atoms with Gasteiger partial charge in [0, 0.05) is 14.0 Å². The van der Waals surface area contributed by atoms with E-state index in [4.69, 9.17) is 0 Å². The zero-order chi connectivity index (χ0) is 16.4. The maximum Gasteiger partial charge on any atom is 0.573 e. The molecule has 0 aromatic heterocycles. The third kappa shape index (κ3) is 3.65. The Kier molecular flexibility index (Phi) is 4.50. The van der Waals surface area contributed by atoms with Crippen LogP contribution in [0.1, 0.15) is 19.4 Å². The maximum atomic E-state index is 12.1. The number of alkyl halides is 3. The lowest BCUT2D eigenvalue weighted by Gasteiger charge is -2.34. The molecule has 1 aromatic rings. The van der Waals surface area contributed by atoms with Crippen molar-refractivity contribution in [2.24, 2.45) is 0 Å². The lowest BCUT2D eigenvalue weighted by molar-refractivity contribution is -0.274. The average Bonchev–Trinajstić information content (AvgIpc) is 2.35. The topological polar surface area (TPSA) is 66.8 Å². The molecule has 0 heterocycles. The number of aliphatic carboxylic acids is 1. The molecule has 8 heteroatoms. The van der Waals surface area contributed by atoms with Gasteiger partial charge in [0.2, 0.25) is 5.91 Å². The molecule has 1 aromatic carbocycles. The van der Waals surface area contributed by atoms with Gasteiger partial charge in [-0.05, 0) is 24.6 Å². The van der Waals surface area contributed by atoms with E-state index in [0.29, 0.717) is 0 Å². The third-order valence-corrected chi connectivity index (χ3v) is 3.21. The van der Waals surface area contributed by atoms with Crippen molar-refractivity contribution in [3.8, 4) is 5.75 Å². The number of nitrogens with zero attached hydrogens (tertiary/aromatic N) is 1. The maximum absolute atomic E-state index is 12.1. The summed E-state index contributed by atoms with van der Waals surface area (Å²) in [5.41, 5.74) is -1.54. The highest BCUT2D eigenvalue weighted by atomic mass is 19.4. The van der Waals surface area contributed by atoms with Crippen molar-refractivity contribution in [3.05, 3.63) is 29.8 Å². The average molecular weight is 305 g/mol. The molecule has 1 N–H and O–H groups in total. The summed E-state index contributed by atoms with van der Waals surface area (Å²) in [5.74, 6) is -2.26. The molecule has 116 valence electrons. The largest absolute Gasteiger partial charge is 0.573 e. The van der Waals surface area contributed by atoms with Crippen LogP contribution < -0.4 is 4.74 Å². The summed E-state index contributed by atoms with van der Waals surface area (Å²) in [6, 6.07) is 4.35. The molecule has 5 nitrogen and oxygen atoms in total. The van der Waals surface area contributed by atoms with Crippen molar-refractivity contribution in [2.75, 3.05) is 7.05 Å². The molecular formula is C13H14F3NO4. The number of likely N-dealkylation sites (N-methyl/N-ethyl adjacent to an activating group) is 1. The highest BCUT2D eigenvalue weighted by Crippen LogP contribution is 2.30. The Morgan fingerprint density at radius 3 is 2.00 bits per heavy atom.